The number of hydrogen-bond acceptors (Lipinski definition) is 3. The van der Waals surface area contributed by atoms with Crippen LogP contribution in [0.25, 0.3) is 6.08 Å². The molecule has 0 bridgehead atoms. The lowest BCUT2D eigenvalue weighted by Gasteiger charge is -2.24. The Kier molecular flexibility index (Phi) is 6.40. The maximum Gasteiger partial charge on any atom is 0.185 e. The van der Waals surface area contributed by atoms with Gasteiger partial charge in [0, 0.05) is 16.7 Å². The lowest BCUT2D eigenvalue weighted by molar-refractivity contribution is 0.104. The molecule has 0 N–H and O–H groups in total. The van der Waals surface area contributed by atoms with Crippen molar-refractivity contribution in [3.63, 3.8) is 0 Å². The maximum atomic E-state index is 12.4. The molecule has 3 nitrogen and oxygen atoms in total. The minimum atomic E-state index is -0.0691. The molecule has 0 aromatic heterocycles. The Bertz CT molecular complexity index is 793. The van der Waals surface area contributed by atoms with E-state index >= 15 is 0 Å². The van der Waals surface area contributed by atoms with Crippen LogP contribution in [0.15, 0.2) is 61.2 Å². The highest BCUT2D eigenvalue weighted by Gasteiger charge is 2.20. The van der Waals surface area contributed by atoms with Crippen molar-refractivity contribution in [2.45, 2.75) is 26.2 Å². The van der Waals surface area contributed by atoms with Gasteiger partial charge in [-0.1, -0.05) is 51.6 Å². The van der Waals surface area contributed by atoms with Crippen molar-refractivity contribution < 1.29 is 14.3 Å². The van der Waals surface area contributed by atoms with Gasteiger partial charge in [0.2, 0.25) is 0 Å². The number of ether oxygens (including phenoxy) is 2. The summed E-state index contributed by atoms with van der Waals surface area (Å²) in [4.78, 5) is 12.4. The Balaban J connectivity index is 2.33. The average molecular weight is 350 g/mol. The smallest absolute Gasteiger partial charge is 0.185 e. The minimum absolute atomic E-state index is 0.0662. The molecule has 0 atom stereocenters. The Hall–Kier alpha value is -2.81. The van der Waals surface area contributed by atoms with Crippen LogP contribution in [0.1, 0.15) is 42.3 Å². The van der Waals surface area contributed by atoms with E-state index in [0.29, 0.717) is 12.2 Å². The van der Waals surface area contributed by atoms with Gasteiger partial charge >= 0.3 is 0 Å². The first-order valence-electron chi connectivity index (χ1n) is 8.60. The summed E-state index contributed by atoms with van der Waals surface area (Å²) < 4.78 is 11.0. The van der Waals surface area contributed by atoms with Crippen LogP contribution in [0.2, 0.25) is 0 Å². The molecule has 0 spiro atoms. The third-order valence-corrected chi connectivity index (χ3v) is 3.99. The highest BCUT2D eigenvalue weighted by atomic mass is 16.5. The second-order valence-corrected chi connectivity index (χ2v) is 7.00. The van der Waals surface area contributed by atoms with E-state index in [-0.39, 0.29) is 11.2 Å². The Morgan fingerprint density at radius 3 is 2.38 bits per heavy atom. The number of ketones is 1. The normalized spacial score (nSPS) is 11.4. The van der Waals surface area contributed by atoms with Crippen molar-refractivity contribution in [2.24, 2.45) is 0 Å². The average Bonchev–Trinajstić information content (AvgIpc) is 2.63. The fourth-order valence-corrected chi connectivity index (χ4v) is 2.60. The number of benzene rings is 2. The largest absolute Gasteiger partial charge is 0.497 e. The summed E-state index contributed by atoms with van der Waals surface area (Å²) in [5, 5.41) is 0. The first-order chi connectivity index (χ1) is 12.4. The molecule has 0 amide bonds. The number of hydrogen-bond donors (Lipinski definition) is 0. The van der Waals surface area contributed by atoms with E-state index in [9.17, 15) is 4.79 Å². The number of carbonyl (C=O) groups excluding carboxylic acids is 1. The first-order valence-corrected chi connectivity index (χ1v) is 8.60. The Labute approximate surface area is 156 Å². The zero-order chi connectivity index (χ0) is 19.2. The molecule has 0 unspecified atom stereocenters. The Morgan fingerprint density at radius 2 is 1.81 bits per heavy atom. The monoisotopic (exact) mass is 350 g/mol. The number of rotatable bonds is 7. The van der Waals surface area contributed by atoms with Gasteiger partial charge in [-0.15, -0.1) is 0 Å². The van der Waals surface area contributed by atoms with Gasteiger partial charge in [-0.2, -0.15) is 0 Å². The van der Waals surface area contributed by atoms with Gasteiger partial charge in [0.1, 0.15) is 18.1 Å². The van der Waals surface area contributed by atoms with Gasteiger partial charge < -0.3 is 9.47 Å². The topological polar surface area (TPSA) is 35.5 Å². The summed E-state index contributed by atoms with van der Waals surface area (Å²) in [5.41, 5.74) is 2.52. The summed E-state index contributed by atoms with van der Waals surface area (Å²) in [6.45, 7) is 10.5. The van der Waals surface area contributed by atoms with Crippen LogP contribution < -0.4 is 9.47 Å². The lowest BCUT2D eigenvalue weighted by atomic mass is 9.85. The summed E-state index contributed by atoms with van der Waals surface area (Å²) >= 11 is 0. The van der Waals surface area contributed by atoms with Crippen molar-refractivity contribution in [1.82, 2.24) is 0 Å². The van der Waals surface area contributed by atoms with Gasteiger partial charge in [0.05, 0.1) is 7.11 Å². The van der Waals surface area contributed by atoms with Crippen LogP contribution in [0.4, 0.5) is 0 Å². The second-order valence-electron chi connectivity index (χ2n) is 7.00. The van der Waals surface area contributed by atoms with Crippen LogP contribution >= 0.6 is 0 Å². The third-order valence-electron chi connectivity index (χ3n) is 3.99. The predicted molar refractivity (Wildman–Crippen MR) is 107 cm³/mol. The van der Waals surface area contributed by atoms with Crippen molar-refractivity contribution >= 4 is 11.9 Å². The molecule has 0 aliphatic heterocycles. The fraction of sp³-hybridized carbons (Fsp3) is 0.261. The molecule has 2 aromatic carbocycles. The minimum Gasteiger partial charge on any atom is -0.497 e. The molecule has 0 aliphatic carbocycles. The van der Waals surface area contributed by atoms with E-state index in [1.165, 1.54) is 0 Å². The molecule has 0 fully saturated rings. The van der Waals surface area contributed by atoms with Gasteiger partial charge in [0.25, 0.3) is 0 Å². The van der Waals surface area contributed by atoms with Crippen LogP contribution in [0.3, 0.4) is 0 Å². The van der Waals surface area contributed by atoms with E-state index in [4.69, 9.17) is 9.47 Å². The van der Waals surface area contributed by atoms with E-state index in [2.05, 4.69) is 33.4 Å². The summed E-state index contributed by atoms with van der Waals surface area (Å²) in [7, 11) is 1.60. The van der Waals surface area contributed by atoms with Gasteiger partial charge in [-0.25, -0.2) is 0 Å². The quantitative estimate of drug-likeness (QED) is 0.378. The number of allylic oxidation sites excluding steroid dienone is 1. The highest BCUT2D eigenvalue weighted by molar-refractivity contribution is 6.07. The summed E-state index contributed by atoms with van der Waals surface area (Å²) in [6, 6.07) is 13.1. The molecule has 0 saturated carbocycles. The molecular formula is C23H26O3. The van der Waals surface area contributed by atoms with Crippen LogP contribution in [-0.4, -0.2) is 19.5 Å². The highest BCUT2D eigenvalue weighted by Crippen LogP contribution is 2.35. The van der Waals surface area contributed by atoms with Crippen LogP contribution in [-0.2, 0) is 5.41 Å². The standard InChI is InChI=1S/C23H26O3/c1-6-16-26-22-18(8-7-9-20(22)23(2,3)4)12-15-21(24)17-10-13-19(25-5)14-11-17/h6-15H,1,16H2,2-5H3/b15-12+. The van der Waals surface area contributed by atoms with Crippen LogP contribution in [0.5, 0.6) is 11.5 Å². The molecule has 26 heavy (non-hydrogen) atoms. The molecule has 2 rings (SSSR count). The van der Waals surface area contributed by atoms with E-state index in [1.54, 1.807) is 49.6 Å². The van der Waals surface area contributed by atoms with Crippen molar-refractivity contribution in [1.29, 1.82) is 0 Å². The van der Waals surface area contributed by atoms with E-state index in [1.807, 2.05) is 12.1 Å². The summed E-state index contributed by atoms with van der Waals surface area (Å²) in [5.74, 6) is 1.45. The molecule has 0 heterocycles. The molecule has 3 heteroatoms. The fourth-order valence-electron chi connectivity index (χ4n) is 2.60. The van der Waals surface area contributed by atoms with Crippen molar-refractivity contribution in [2.75, 3.05) is 13.7 Å². The zero-order valence-electron chi connectivity index (χ0n) is 15.9. The SMILES string of the molecule is C=CCOc1c(/C=C/C(=O)c2ccc(OC)cc2)cccc1C(C)(C)C. The van der Waals surface area contributed by atoms with Crippen LogP contribution in [0, 0.1) is 0 Å². The second kappa shape index (κ2) is 8.52. The Morgan fingerprint density at radius 1 is 1.12 bits per heavy atom. The molecule has 2 aromatic rings. The predicted octanol–water partition coefficient (Wildman–Crippen LogP) is 5.45. The molecule has 0 radical (unpaired) electrons. The first kappa shape index (κ1) is 19.5. The number of carbonyl (C=O) groups is 1. The van der Waals surface area contributed by atoms with Crippen molar-refractivity contribution in [3.8, 4) is 11.5 Å². The number of para-hydroxylation sites is 1. The molecule has 0 aliphatic rings. The summed E-state index contributed by atoms with van der Waals surface area (Å²) in [6.07, 6.45) is 5.10. The number of methoxy groups -OCH3 is 1. The van der Waals surface area contributed by atoms with Crippen molar-refractivity contribution in [3.05, 3.63) is 77.9 Å². The molecular weight excluding hydrogens is 324 g/mol. The van der Waals surface area contributed by atoms with Gasteiger partial charge in [-0.3, -0.25) is 4.79 Å². The van der Waals surface area contributed by atoms with E-state index < -0.39 is 0 Å². The molecule has 0 saturated heterocycles. The maximum absolute atomic E-state index is 12.4. The lowest BCUT2D eigenvalue weighted by Crippen LogP contribution is -2.14. The zero-order valence-corrected chi connectivity index (χ0v) is 15.9. The molecule has 136 valence electrons. The van der Waals surface area contributed by atoms with E-state index in [0.717, 1.165) is 22.6 Å². The van der Waals surface area contributed by atoms with Gasteiger partial charge in [0.15, 0.2) is 5.78 Å². The van der Waals surface area contributed by atoms with Gasteiger partial charge in [-0.05, 0) is 41.8 Å². The third kappa shape index (κ3) is 4.85.